The van der Waals surface area contributed by atoms with Crippen molar-refractivity contribution >= 4 is 23.4 Å². The zero-order valence-electron chi connectivity index (χ0n) is 11.3. The molecule has 1 aromatic carbocycles. The molecular weight excluding hydrogens is 288 g/mol. The van der Waals surface area contributed by atoms with Gasteiger partial charge in [0.2, 0.25) is 0 Å². The van der Waals surface area contributed by atoms with Gasteiger partial charge in [0.15, 0.2) is 0 Å². The minimum Gasteiger partial charge on any atom is -0.478 e. The van der Waals surface area contributed by atoms with Gasteiger partial charge < -0.3 is 10.4 Å². The van der Waals surface area contributed by atoms with Crippen LogP contribution in [0, 0.1) is 0 Å². The number of halogens is 1. The number of nitrogens with zero attached hydrogens (tertiary/aromatic N) is 1. The third kappa shape index (κ3) is 2.85. The maximum Gasteiger partial charge on any atom is 0.337 e. The topological polar surface area (TPSA) is 62.2 Å². The Morgan fingerprint density at radius 2 is 2.19 bits per heavy atom. The average Bonchev–Trinajstić information content (AvgIpc) is 2.49. The van der Waals surface area contributed by atoms with E-state index < -0.39 is 5.97 Å². The molecule has 2 aromatic rings. The second kappa shape index (κ2) is 5.74. The summed E-state index contributed by atoms with van der Waals surface area (Å²) in [4.78, 5) is 15.3. The molecule has 2 N–H and O–H groups in total. The van der Waals surface area contributed by atoms with Gasteiger partial charge in [0.25, 0.3) is 0 Å². The monoisotopic (exact) mass is 302 g/mol. The Morgan fingerprint density at radius 1 is 1.38 bits per heavy atom. The summed E-state index contributed by atoms with van der Waals surface area (Å²) in [6.07, 6.45) is 4.57. The largest absolute Gasteiger partial charge is 0.478 e. The first-order valence-corrected chi connectivity index (χ1v) is 7.26. The van der Waals surface area contributed by atoms with Crippen molar-refractivity contribution < 1.29 is 9.90 Å². The molecule has 1 unspecified atom stereocenters. The first-order valence-electron chi connectivity index (χ1n) is 6.88. The molecule has 21 heavy (non-hydrogen) atoms. The van der Waals surface area contributed by atoms with Gasteiger partial charge in [0.05, 0.1) is 16.6 Å². The van der Waals surface area contributed by atoms with E-state index in [2.05, 4.69) is 22.4 Å². The van der Waals surface area contributed by atoms with Crippen molar-refractivity contribution in [3.8, 4) is 0 Å². The maximum absolute atomic E-state index is 11.1. The van der Waals surface area contributed by atoms with Gasteiger partial charge in [0.1, 0.15) is 5.82 Å². The number of benzene rings is 1. The van der Waals surface area contributed by atoms with Crippen LogP contribution in [-0.4, -0.2) is 16.1 Å². The lowest BCUT2D eigenvalue weighted by Gasteiger charge is -2.26. The normalized spacial score (nSPS) is 17.1. The molecule has 1 heterocycles. The summed E-state index contributed by atoms with van der Waals surface area (Å²) < 4.78 is 0. The van der Waals surface area contributed by atoms with Gasteiger partial charge in [-0.05, 0) is 36.5 Å². The molecule has 0 amide bonds. The Kier molecular flexibility index (Phi) is 3.80. The number of carbonyl (C=O) groups is 1. The van der Waals surface area contributed by atoms with Gasteiger partial charge in [0, 0.05) is 6.20 Å². The standard InChI is InChI=1S/C16H15ClN2O2/c17-13-9-18-15(8-12(13)16(20)21)19-14-7-3-5-10-4-1-2-6-11(10)14/h1-2,4,6,8-9,14H,3,5,7H2,(H,18,19)(H,20,21). The molecule has 3 rings (SSSR count). The predicted octanol–water partition coefficient (Wildman–Crippen LogP) is 3.92. The molecule has 1 aliphatic rings. The molecule has 0 fully saturated rings. The van der Waals surface area contributed by atoms with Gasteiger partial charge in [-0.1, -0.05) is 35.9 Å². The molecule has 0 bridgehead atoms. The van der Waals surface area contributed by atoms with Crippen LogP contribution in [0.15, 0.2) is 36.5 Å². The molecule has 0 spiro atoms. The molecule has 0 aliphatic heterocycles. The van der Waals surface area contributed by atoms with Crippen LogP contribution in [0.25, 0.3) is 0 Å². The van der Waals surface area contributed by atoms with Gasteiger partial charge in [-0.2, -0.15) is 0 Å². The van der Waals surface area contributed by atoms with E-state index in [1.54, 1.807) is 0 Å². The van der Waals surface area contributed by atoms with Gasteiger partial charge in [-0.3, -0.25) is 0 Å². The number of anilines is 1. The minimum absolute atomic E-state index is 0.0678. The first kappa shape index (κ1) is 13.9. The second-order valence-corrected chi connectivity index (χ2v) is 5.55. The number of aryl methyl sites for hydroxylation is 1. The van der Waals surface area contributed by atoms with Crippen LogP contribution >= 0.6 is 11.6 Å². The SMILES string of the molecule is O=C(O)c1cc(NC2CCCc3ccccc32)ncc1Cl. The van der Waals surface area contributed by atoms with Crippen molar-refractivity contribution in [2.75, 3.05) is 5.32 Å². The van der Waals surface area contributed by atoms with E-state index in [-0.39, 0.29) is 16.6 Å². The highest BCUT2D eigenvalue weighted by molar-refractivity contribution is 6.33. The van der Waals surface area contributed by atoms with E-state index >= 15 is 0 Å². The van der Waals surface area contributed by atoms with Gasteiger partial charge in [-0.25, -0.2) is 9.78 Å². The number of nitrogens with one attached hydrogen (secondary N) is 1. The zero-order valence-corrected chi connectivity index (χ0v) is 12.1. The van der Waals surface area contributed by atoms with Crippen molar-refractivity contribution in [3.63, 3.8) is 0 Å². The van der Waals surface area contributed by atoms with E-state index in [1.807, 2.05) is 12.1 Å². The summed E-state index contributed by atoms with van der Waals surface area (Å²) >= 11 is 5.84. The van der Waals surface area contributed by atoms with E-state index in [1.165, 1.54) is 23.4 Å². The van der Waals surface area contributed by atoms with Gasteiger partial charge >= 0.3 is 5.97 Å². The molecule has 1 aromatic heterocycles. The number of carboxylic acid groups (broad SMARTS) is 1. The maximum atomic E-state index is 11.1. The number of pyridine rings is 1. The number of hydrogen-bond donors (Lipinski definition) is 2. The fraction of sp³-hybridized carbons (Fsp3) is 0.250. The number of rotatable bonds is 3. The fourth-order valence-corrected chi connectivity index (χ4v) is 2.95. The Balaban J connectivity index is 1.88. The lowest BCUT2D eigenvalue weighted by atomic mass is 9.88. The van der Waals surface area contributed by atoms with E-state index in [4.69, 9.17) is 16.7 Å². The summed E-state index contributed by atoms with van der Waals surface area (Å²) in [5.74, 6) is -0.506. The Bertz CT molecular complexity index is 688. The zero-order chi connectivity index (χ0) is 14.8. The molecule has 1 atom stereocenters. The van der Waals surface area contributed by atoms with Crippen molar-refractivity contribution in [2.45, 2.75) is 25.3 Å². The van der Waals surface area contributed by atoms with Crippen molar-refractivity contribution in [1.82, 2.24) is 4.98 Å². The van der Waals surface area contributed by atoms with Crippen LogP contribution in [0.5, 0.6) is 0 Å². The smallest absolute Gasteiger partial charge is 0.337 e. The Morgan fingerprint density at radius 3 is 3.00 bits per heavy atom. The highest BCUT2D eigenvalue weighted by Crippen LogP contribution is 2.32. The predicted molar refractivity (Wildman–Crippen MR) is 82.0 cm³/mol. The highest BCUT2D eigenvalue weighted by atomic mass is 35.5. The molecule has 4 nitrogen and oxygen atoms in total. The molecule has 5 heteroatoms. The fourth-order valence-electron chi connectivity index (χ4n) is 2.76. The van der Waals surface area contributed by atoms with Crippen LogP contribution in [0.4, 0.5) is 5.82 Å². The van der Waals surface area contributed by atoms with Crippen LogP contribution < -0.4 is 5.32 Å². The number of aromatic nitrogens is 1. The summed E-state index contributed by atoms with van der Waals surface area (Å²) in [6, 6.07) is 9.97. The molecule has 1 aliphatic carbocycles. The molecule has 0 saturated carbocycles. The Labute approximate surface area is 127 Å². The van der Waals surface area contributed by atoms with Crippen LogP contribution in [-0.2, 0) is 6.42 Å². The first-order chi connectivity index (χ1) is 10.1. The summed E-state index contributed by atoms with van der Waals surface area (Å²) in [6.45, 7) is 0. The average molecular weight is 303 g/mol. The van der Waals surface area contributed by atoms with E-state index in [0.717, 1.165) is 19.3 Å². The molecule has 0 radical (unpaired) electrons. The summed E-state index contributed by atoms with van der Waals surface area (Å²) in [5.41, 5.74) is 2.67. The number of carboxylic acids is 1. The van der Waals surface area contributed by atoms with E-state index in [0.29, 0.717) is 5.82 Å². The lowest BCUT2D eigenvalue weighted by Crippen LogP contribution is -2.18. The van der Waals surface area contributed by atoms with Gasteiger partial charge in [-0.15, -0.1) is 0 Å². The van der Waals surface area contributed by atoms with Crippen molar-refractivity contribution in [3.05, 3.63) is 58.2 Å². The van der Waals surface area contributed by atoms with Crippen LogP contribution in [0.2, 0.25) is 5.02 Å². The summed E-state index contributed by atoms with van der Waals surface area (Å²) in [5, 5.41) is 12.6. The summed E-state index contributed by atoms with van der Waals surface area (Å²) in [7, 11) is 0. The molecular formula is C16H15ClN2O2. The van der Waals surface area contributed by atoms with E-state index in [9.17, 15) is 4.79 Å². The van der Waals surface area contributed by atoms with Crippen LogP contribution in [0.3, 0.4) is 0 Å². The highest BCUT2D eigenvalue weighted by Gasteiger charge is 2.20. The third-order valence-electron chi connectivity index (χ3n) is 3.78. The molecule has 0 saturated heterocycles. The quantitative estimate of drug-likeness (QED) is 0.902. The Hall–Kier alpha value is -2.07. The minimum atomic E-state index is -1.05. The van der Waals surface area contributed by atoms with Crippen molar-refractivity contribution in [1.29, 1.82) is 0 Å². The lowest BCUT2D eigenvalue weighted by molar-refractivity contribution is 0.0697. The number of fused-ring (bicyclic) bond motifs is 1. The molecule has 108 valence electrons. The van der Waals surface area contributed by atoms with Crippen molar-refractivity contribution in [2.24, 2.45) is 0 Å². The third-order valence-corrected chi connectivity index (χ3v) is 4.08. The number of hydrogen-bond acceptors (Lipinski definition) is 3. The second-order valence-electron chi connectivity index (χ2n) is 5.14. The number of aromatic carboxylic acids is 1. The van der Waals surface area contributed by atoms with Crippen LogP contribution in [0.1, 0.15) is 40.4 Å².